The molecule has 0 radical (unpaired) electrons. The molecule has 0 aromatic carbocycles. The Bertz CT molecular complexity index is 96.5. The zero-order valence-corrected chi connectivity index (χ0v) is 10.2. The molecule has 0 aliphatic rings. The molecular formula is C10H24OSi. The molecule has 0 saturated carbocycles. The Balaban J connectivity index is 3.01. The zero-order chi connectivity index (χ0) is 9.45. The topological polar surface area (TPSA) is 9.23 Å². The third kappa shape index (κ3) is 10.2. The highest BCUT2D eigenvalue weighted by molar-refractivity contribution is 6.69. The van der Waals surface area contributed by atoms with Crippen LogP contribution in [0.5, 0.6) is 0 Å². The largest absolute Gasteiger partial charge is 0.418 e. The maximum atomic E-state index is 5.75. The molecule has 12 heavy (non-hydrogen) atoms. The summed E-state index contributed by atoms with van der Waals surface area (Å²) in [5.41, 5.74) is 0. The van der Waals surface area contributed by atoms with Crippen molar-refractivity contribution in [2.75, 3.05) is 6.61 Å². The highest BCUT2D eigenvalue weighted by Crippen LogP contribution is 2.06. The van der Waals surface area contributed by atoms with E-state index in [0.717, 1.165) is 6.61 Å². The smallest absolute Gasteiger partial charge is 0.183 e. The van der Waals surface area contributed by atoms with Crippen molar-refractivity contribution in [2.45, 2.75) is 58.7 Å². The van der Waals surface area contributed by atoms with Crippen molar-refractivity contribution in [1.29, 1.82) is 0 Å². The predicted molar refractivity (Wildman–Crippen MR) is 58.1 cm³/mol. The first-order valence-electron chi connectivity index (χ1n) is 5.20. The molecule has 0 saturated heterocycles. The summed E-state index contributed by atoms with van der Waals surface area (Å²) in [6.07, 6.45) is 6.69. The predicted octanol–water partition coefficient (Wildman–Crippen LogP) is 3.81. The first-order chi connectivity index (χ1) is 5.56. The van der Waals surface area contributed by atoms with Gasteiger partial charge in [-0.15, -0.1) is 0 Å². The minimum absolute atomic E-state index is 0.986. The lowest BCUT2D eigenvalue weighted by Crippen LogP contribution is -2.25. The fourth-order valence-electron chi connectivity index (χ4n) is 1.08. The molecule has 0 bridgehead atoms. The molecule has 2 heteroatoms. The molecular weight excluding hydrogens is 164 g/mol. The van der Waals surface area contributed by atoms with E-state index in [1.54, 1.807) is 0 Å². The third-order valence-corrected chi connectivity index (χ3v) is 2.85. The Morgan fingerprint density at radius 2 is 1.50 bits per heavy atom. The van der Waals surface area contributed by atoms with E-state index in [-0.39, 0.29) is 0 Å². The molecule has 74 valence electrons. The Labute approximate surface area is 78.6 Å². The summed E-state index contributed by atoms with van der Waals surface area (Å²) < 4.78 is 5.75. The normalized spacial score (nSPS) is 12.0. The van der Waals surface area contributed by atoms with Crippen LogP contribution < -0.4 is 0 Å². The highest BCUT2D eigenvalue weighted by Gasteiger charge is 2.12. The summed E-state index contributed by atoms with van der Waals surface area (Å²) in [5, 5.41) is 0. The van der Waals surface area contributed by atoms with Crippen molar-refractivity contribution < 1.29 is 4.43 Å². The van der Waals surface area contributed by atoms with Gasteiger partial charge in [-0.05, 0) is 26.1 Å². The van der Waals surface area contributed by atoms with Crippen LogP contribution in [0.3, 0.4) is 0 Å². The number of hydrogen-bond donors (Lipinski definition) is 0. The maximum Gasteiger partial charge on any atom is 0.183 e. The second-order valence-corrected chi connectivity index (χ2v) is 8.89. The summed E-state index contributed by atoms with van der Waals surface area (Å²) in [6.45, 7) is 9.98. The van der Waals surface area contributed by atoms with Gasteiger partial charge in [-0.3, -0.25) is 0 Å². The number of unbranched alkanes of at least 4 members (excludes halogenated alkanes) is 4. The van der Waals surface area contributed by atoms with Gasteiger partial charge in [-0.2, -0.15) is 0 Å². The molecule has 0 aromatic heterocycles. The molecule has 0 N–H and O–H groups in total. The summed E-state index contributed by atoms with van der Waals surface area (Å²) in [4.78, 5) is 0. The molecule has 0 aliphatic heterocycles. The van der Waals surface area contributed by atoms with Gasteiger partial charge in [0.25, 0.3) is 0 Å². The van der Waals surface area contributed by atoms with Crippen LogP contribution in [0.2, 0.25) is 19.6 Å². The fraction of sp³-hybridized carbons (Fsp3) is 1.00. The van der Waals surface area contributed by atoms with E-state index < -0.39 is 8.32 Å². The van der Waals surface area contributed by atoms with Crippen molar-refractivity contribution in [3.8, 4) is 0 Å². The summed E-state index contributed by atoms with van der Waals surface area (Å²) >= 11 is 0. The molecule has 0 rings (SSSR count). The molecule has 0 heterocycles. The lowest BCUT2D eigenvalue weighted by molar-refractivity contribution is 0.298. The quantitative estimate of drug-likeness (QED) is 0.436. The maximum absolute atomic E-state index is 5.75. The van der Waals surface area contributed by atoms with Gasteiger partial charge in [0.05, 0.1) is 0 Å². The first-order valence-corrected chi connectivity index (χ1v) is 8.61. The Hall–Kier alpha value is 0.177. The molecule has 0 fully saturated rings. The molecule has 0 aliphatic carbocycles. The molecule has 0 amide bonds. The SMILES string of the molecule is CCCCCCCO[Si](C)(C)C. The van der Waals surface area contributed by atoms with Gasteiger partial charge >= 0.3 is 0 Å². The summed E-state index contributed by atoms with van der Waals surface area (Å²) in [5.74, 6) is 0. The van der Waals surface area contributed by atoms with E-state index in [4.69, 9.17) is 4.43 Å². The molecule has 0 spiro atoms. The molecule has 1 nitrogen and oxygen atoms in total. The van der Waals surface area contributed by atoms with E-state index in [1.165, 1.54) is 32.1 Å². The standard InChI is InChI=1S/C10H24OSi/c1-5-6-7-8-9-10-11-12(2,3)4/h5-10H2,1-4H3. The minimum Gasteiger partial charge on any atom is -0.418 e. The molecule has 0 unspecified atom stereocenters. The Kier molecular flexibility index (Phi) is 6.77. The fourth-order valence-corrected chi connectivity index (χ4v) is 1.84. The van der Waals surface area contributed by atoms with Crippen LogP contribution in [0.15, 0.2) is 0 Å². The third-order valence-electron chi connectivity index (χ3n) is 1.78. The van der Waals surface area contributed by atoms with Crippen LogP contribution >= 0.6 is 0 Å². The first kappa shape index (κ1) is 12.2. The van der Waals surface area contributed by atoms with Gasteiger partial charge in [-0.25, -0.2) is 0 Å². The van der Waals surface area contributed by atoms with Crippen molar-refractivity contribution >= 4 is 8.32 Å². The van der Waals surface area contributed by atoms with Crippen LogP contribution in [-0.2, 0) is 4.43 Å². The Morgan fingerprint density at radius 1 is 0.917 bits per heavy atom. The van der Waals surface area contributed by atoms with E-state index in [0.29, 0.717) is 0 Å². The minimum atomic E-state index is -1.23. The number of hydrogen-bond acceptors (Lipinski definition) is 1. The van der Waals surface area contributed by atoms with Crippen LogP contribution in [0.25, 0.3) is 0 Å². The number of rotatable bonds is 7. The lowest BCUT2D eigenvalue weighted by atomic mass is 10.2. The van der Waals surface area contributed by atoms with Gasteiger partial charge in [0.2, 0.25) is 0 Å². The van der Waals surface area contributed by atoms with Crippen molar-refractivity contribution in [2.24, 2.45) is 0 Å². The van der Waals surface area contributed by atoms with Crippen LogP contribution in [0, 0.1) is 0 Å². The molecule has 0 aromatic rings. The van der Waals surface area contributed by atoms with Gasteiger partial charge in [0.1, 0.15) is 0 Å². The van der Waals surface area contributed by atoms with Gasteiger partial charge in [0.15, 0.2) is 8.32 Å². The highest BCUT2D eigenvalue weighted by atomic mass is 28.4. The second kappa shape index (κ2) is 6.67. The molecule has 0 atom stereocenters. The Morgan fingerprint density at radius 3 is 2.00 bits per heavy atom. The second-order valence-electron chi connectivity index (χ2n) is 4.38. The monoisotopic (exact) mass is 188 g/mol. The van der Waals surface area contributed by atoms with Gasteiger partial charge in [0, 0.05) is 6.61 Å². The van der Waals surface area contributed by atoms with Crippen LogP contribution in [0.4, 0.5) is 0 Å². The van der Waals surface area contributed by atoms with Crippen molar-refractivity contribution in [1.82, 2.24) is 0 Å². The van der Waals surface area contributed by atoms with Crippen molar-refractivity contribution in [3.63, 3.8) is 0 Å². The van der Waals surface area contributed by atoms with E-state index in [2.05, 4.69) is 26.6 Å². The van der Waals surface area contributed by atoms with E-state index in [1.807, 2.05) is 0 Å². The average Bonchev–Trinajstić information content (AvgIpc) is 1.94. The van der Waals surface area contributed by atoms with Crippen LogP contribution in [0.1, 0.15) is 39.0 Å². The van der Waals surface area contributed by atoms with Gasteiger partial charge in [-0.1, -0.05) is 32.6 Å². The van der Waals surface area contributed by atoms with Crippen LogP contribution in [-0.4, -0.2) is 14.9 Å². The summed E-state index contributed by atoms with van der Waals surface area (Å²) in [6, 6.07) is 0. The van der Waals surface area contributed by atoms with Crippen molar-refractivity contribution in [3.05, 3.63) is 0 Å². The van der Waals surface area contributed by atoms with Gasteiger partial charge < -0.3 is 4.43 Å². The average molecular weight is 188 g/mol. The lowest BCUT2D eigenvalue weighted by Gasteiger charge is -2.16. The summed E-state index contributed by atoms with van der Waals surface area (Å²) in [7, 11) is -1.23. The van der Waals surface area contributed by atoms with E-state index in [9.17, 15) is 0 Å². The zero-order valence-electron chi connectivity index (χ0n) is 9.15. The van der Waals surface area contributed by atoms with E-state index >= 15 is 0 Å².